The molecule has 0 atom stereocenters. The summed E-state index contributed by atoms with van der Waals surface area (Å²) in [4.78, 5) is 2.50. The van der Waals surface area contributed by atoms with Crippen LogP contribution in [-0.2, 0) is 9.47 Å². The molecule has 1 saturated heterocycles. The minimum absolute atomic E-state index is 0.595. The van der Waals surface area contributed by atoms with Crippen molar-refractivity contribution in [2.75, 3.05) is 59.2 Å². The van der Waals surface area contributed by atoms with Crippen LogP contribution in [0.1, 0.15) is 33.6 Å². The average Bonchev–Trinajstić information content (AvgIpc) is 2.47. The summed E-state index contributed by atoms with van der Waals surface area (Å²) in [6, 6.07) is 1.30. The molecule has 1 fully saturated rings. The summed E-state index contributed by atoms with van der Waals surface area (Å²) >= 11 is 0. The van der Waals surface area contributed by atoms with E-state index in [-0.39, 0.29) is 0 Å². The first-order valence-corrected chi connectivity index (χ1v) is 8.57. The minimum Gasteiger partial charge on any atom is -0.378 e. The summed E-state index contributed by atoms with van der Waals surface area (Å²) in [5, 5.41) is 6.86. The fraction of sp³-hybridized carbons (Fsp3) is 1.00. The Morgan fingerprint density at radius 3 is 2.33 bits per heavy atom. The Kier molecular flexibility index (Phi) is 11.1. The molecule has 0 bridgehead atoms. The Hall–Kier alpha value is -0.200. The van der Waals surface area contributed by atoms with E-state index in [2.05, 4.69) is 36.3 Å². The lowest BCUT2D eigenvalue weighted by Gasteiger charge is -2.33. The summed E-state index contributed by atoms with van der Waals surface area (Å²) in [7, 11) is 0. The quantitative estimate of drug-likeness (QED) is 0.529. The van der Waals surface area contributed by atoms with Gasteiger partial charge in [0, 0.05) is 25.2 Å². The predicted octanol–water partition coefficient (Wildman–Crippen LogP) is 1.09. The van der Waals surface area contributed by atoms with Crippen molar-refractivity contribution in [2.45, 2.75) is 45.7 Å². The molecule has 1 aliphatic rings. The van der Waals surface area contributed by atoms with Gasteiger partial charge >= 0.3 is 0 Å². The van der Waals surface area contributed by atoms with Gasteiger partial charge in [-0.15, -0.1) is 0 Å². The number of piperidine rings is 1. The lowest BCUT2D eigenvalue weighted by Crippen LogP contribution is -2.45. The highest BCUT2D eigenvalue weighted by Gasteiger charge is 2.18. The molecular weight excluding hydrogens is 266 g/mol. The second-order valence-corrected chi connectivity index (χ2v) is 6.02. The molecule has 21 heavy (non-hydrogen) atoms. The number of likely N-dealkylation sites (N-methyl/N-ethyl adjacent to an activating group) is 1. The van der Waals surface area contributed by atoms with E-state index in [1.54, 1.807) is 0 Å². The van der Waals surface area contributed by atoms with Crippen LogP contribution >= 0.6 is 0 Å². The van der Waals surface area contributed by atoms with Gasteiger partial charge < -0.3 is 25.0 Å². The number of hydrogen-bond donors (Lipinski definition) is 2. The van der Waals surface area contributed by atoms with Gasteiger partial charge in [-0.1, -0.05) is 20.8 Å². The lowest BCUT2D eigenvalue weighted by molar-refractivity contribution is 0.0364. The van der Waals surface area contributed by atoms with E-state index in [9.17, 15) is 0 Å². The van der Waals surface area contributed by atoms with Crippen LogP contribution in [0.2, 0.25) is 0 Å². The molecule has 5 nitrogen and oxygen atoms in total. The number of hydrogen-bond acceptors (Lipinski definition) is 5. The zero-order valence-corrected chi connectivity index (χ0v) is 14.2. The van der Waals surface area contributed by atoms with E-state index in [1.807, 2.05) is 0 Å². The highest BCUT2D eigenvalue weighted by atomic mass is 16.5. The molecule has 0 aromatic rings. The molecular formula is C16H35N3O2. The van der Waals surface area contributed by atoms with E-state index in [4.69, 9.17) is 9.47 Å². The van der Waals surface area contributed by atoms with E-state index < -0.39 is 0 Å². The van der Waals surface area contributed by atoms with Crippen molar-refractivity contribution >= 4 is 0 Å². The molecule has 0 aromatic heterocycles. The molecule has 0 unspecified atom stereocenters. The van der Waals surface area contributed by atoms with Gasteiger partial charge in [-0.05, 0) is 32.5 Å². The molecule has 1 heterocycles. The second kappa shape index (κ2) is 12.4. The van der Waals surface area contributed by atoms with Crippen molar-refractivity contribution in [1.82, 2.24) is 15.5 Å². The molecule has 126 valence electrons. The largest absolute Gasteiger partial charge is 0.378 e. The first-order chi connectivity index (χ1) is 10.2. The van der Waals surface area contributed by atoms with Gasteiger partial charge in [0.05, 0.1) is 26.4 Å². The van der Waals surface area contributed by atoms with Crippen LogP contribution in [0.25, 0.3) is 0 Å². The zero-order chi connectivity index (χ0) is 15.3. The maximum atomic E-state index is 5.63. The van der Waals surface area contributed by atoms with Crippen molar-refractivity contribution in [3.8, 4) is 0 Å². The maximum Gasteiger partial charge on any atom is 0.0701 e. The molecule has 0 aromatic carbocycles. The standard InChI is InChI=1S/C16H35N3O2/c1-4-17-7-11-20-13-14-21-12-10-19-8-5-16(6-9-19)18-15(2)3/h15-18H,4-14H2,1-3H3. The Morgan fingerprint density at radius 1 is 1.05 bits per heavy atom. The molecule has 0 amide bonds. The van der Waals surface area contributed by atoms with Crippen molar-refractivity contribution in [1.29, 1.82) is 0 Å². The molecule has 2 N–H and O–H groups in total. The summed E-state index contributed by atoms with van der Waals surface area (Å²) in [6.07, 6.45) is 2.51. The number of ether oxygens (including phenoxy) is 2. The zero-order valence-electron chi connectivity index (χ0n) is 14.2. The van der Waals surface area contributed by atoms with Crippen molar-refractivity contribution < 1.29 is 9.47 Å². The average molecular weight is 301 g/mol. The van der Waals surface area contributed by atoms with E-state index in [0.717, 1.165) is 32.8 Å². The van der Waals surface area contributed by atoms with Crippen LogP contribution in [0.3, 0.4) is 0 Å². The lowest BCUT2D eigenvalue weighted by atomic mass is 10.0. The Bertz CT molecular complexity index is 232. The summed E-state index contributed by atoms with van der Waals surface area (Å²) < 4.78 is 11.1. The Balaban J connectivity index is 1.86. The van der Waals surface area contributed by atoms with E-state index in [0.29, 0.717) is 25.3 Å². The van der Waals surface area contributed by atoms with Crippen LogP contribution in [0.5, 0.6) is 0 Å². The van der Waals surface area contributed by atoms with Gasteiger partial charge in [-0.25, -0.2) is 0 Å². The number of likely N-dealkylation sites (tertiary alicyclic amines) is 1. The summed E-state index contributed by atoms with van der Waals surface area (Å²) in [6.45, 7) is 14.9. The van der Waals surface area contributed by atoms with Crippen LogP contribution in [0.4, 0.5) is 0 Å². The van der Waals surface area contributed by atoms with Crippen LogP contribution in [-0.4, -0.2) is 76.1 Å². The van der Waals surface area contributed by atoms with E-state index >= 15 is 0 Å². The normalized spacial score (nSPS) is 17.7. The van der Waals surface area contributed by atoms with Crippen molar-refractivity contribution in [3.05, 3.63) is 0 Å². The van der Waals surface area contributed by atoms with Gasteiger partial charge in [0.2, 0.25) is 0 Å². The molecule has 1 rings (SSSR count). The third kappa shape index (κ3) is 10.2. The Morgan fingerprint density at radius 2 is 1.71 bits per heavy atom. The van der Waals surface area contributed by atoms with Crippen LogP contribution < -0.4 is 10.6 Å². The number of rotatable bonds is 12. The van der Waals surface area contributed by atoms with Crippen LogP contribution in [0, 0.1) is 0 Å². The molecule has 5 heteroatoms. The molecule has 0 aliphatic carbocycles. The third-order valence-corrected chi connectivity index (χ3v) is 3.75. The van der Waals surface area contributed by atoms with Crippen molar-refractivity contribution in [2.24, 2.45) is 0 Å². The maximum absolute atomic E-state index is 5.63. The first kappa shape index (κ1) is 18.8. The fourth-order valence-electron chi connectivity index (χ4n) is 2.63. The second-order valence-electron chi connectivity index (χ2n) is 6.02. The monoisotopic (exact) mass is 301 g/mol. The van der Waals surface area contributed by atoms with Crippen molar-refractivity contribution in [3.63, 3.8) is 0 Å². The molecule has 0 radical (unpaired) electrons. The fourth-order valence-corrected chi connectivity index (χ4v) is 2.63. The predicted molar refractivity (Wildman–Crippen MR) is 87.9 cm³/mol. The highest BCUT2D eigenvalue weighted by molar-refractivity contribution is 4.78. The third-order valence-electron chi connectivity index (χ3n) is 3.75. The number of nitrogens with one attached hydrogen (secondary N) is 2. The minimum atomic E-state index is 0.595. The van der Waals surface area contributed by atoms with Gasteiger partial charge in [0.25, 0.3) is 0 Å². The van der Waals surface area contributed by atoms with Gasteiger partial charge in [0.1, 0.15) is 0 Å². The molecule has 1 aliphatic heterocycles. The SMILES string of the molecule is CCNCCOCCOCCN1CCC(NC(C)C)CC1. The van der Waals surface area contributed by atoms with Gasteiger partial charge in [0.15, 0.2) is 0 Å². The topological polar surface area (TPSA) is 45.8 Å². The first-order valence-electron chi connectivity index (χ1n) is 8.57. The Labute approximate surface area is 130 Å². The summed E-state index contributed by atoms with van der Waals surface area (Å²) in [5.41, 5.74) is 0. The molecule has 0 spiro atoms. The van der Waals surface area contributed by atoms with Gasteiger partial charge in [-0.3, -0.25) is 0 Å². The molecule has 0 saturated carbocycles. The summed E-state index contributed by atoms with van der Waals surface area (Å²) in [5.74, 6) is 0. The van der Waals surface area contributed by atoms with Crippen LogP contribution in [0.15, 0.2) is 0 Å². The van der Waals surface area contributed by atoms with E-state index in [1.165, 1.54) is 25.9 Å². The highest BCUT2D eigenvalue weighted by Crippen LogP contribution is 2.10. The smallest absolute Gasteiger partial charge is 0.0701 e. The number of nitrogens with zero attached hydrogens (tertiary/aromatic N) is 1. The van der Waals surface area contributed by atoms with Gasteiger partial charge in [-0.2, -0.15) is 0 Å².